The third kappa shape index (κ3) is 8.29. The highest BCUT2D eigenvalue weighted by Gasteiger charge is 2.22. The first-order chi connectivity index (χ1) is 26.0. The molecule has 5 rings (SSSR count). The van der Waals surface area contributed by atoms with Crippen molar-refractivity contribution in [2.75, 3.05) is 0 Å². The minimum absolute atomic E-state index is 0.768. The average molecular weight is 695 g/mol. The third-order valence-corrected chi connectivity index (χ3v) is 9.37. The number of nitrogens with one attached hydrogen (secondary N) is 2. The molecule has 2 aliphatic rings. The van der Waals surface area contributed by atoms with E-state index in [1.54, 1.807) is 18.2 Å². The number of fused-ring (bicyclic) bond motifs is 8. The molecule has 0 aromatic carbocycles. The first-order valence-electron chi connectivity index (χ1n) is 18.2. The highest BCUT2D eigenvalue weighted by molar-refractivity contribution is 5.93. The lowest BCUT2D eigenvalue weighted by molar-refractivity contribution is 1.02. The van der Waals surface area contributed by atoms with E-state index in [1.165, 1.54) is 0 Å². The average Bonchev–Trinajstić information content (AvgIpc) is 4.01. The Kier molecular flexibility index (Phi) is 13.1. The summed E-state index contributed by atoms with van der Waals surface area (Å²) in [6, 6.07) is 8.67. The van der Waals surface area contributed by atoms with Gasteiger partial charge in [0.05, 0.1) is 22.8 Å². The number of H-pyrrole nitrogens is 2. The molecule has 4 nitrogen and oxygen atoms in total. The van der Waals surface area contributed by atoms with Crippen LogP contribution in [0.25, 0.3) is 44.4 Å². The molecule has 2 N–H and O–H groups in total. The van der Waals surface area contributed by atoms with E-state index in [2.05, 4.69) is 130 Å². The highest BCUT2D eigenvalue weighted by atomic mass is 14.8. The van der Waals surface area contributed by atoms with Gasteiger partial charge in [-0.25, -0.2) is 0 Å². The van der Waals surface area contributed by atoms with E-state index in [1.807, 2.05) is 42.5 Å². The van der Waals surface area contributed by atoms with Gasteiger partial charge in [0.25, 0.3) is 0 Å². The van der Waals surface area contributed by atoms with Crippen molar-refractivity contribution in [2.45, 2.75) is 46.5 Å². The Bertz CT molecular complexity index is 2320. The Morgan fingerprint density at radius 2 is 0.736 bits per heavy atom. The molecule has 0 spiro atoms. The van der Waals surface area contributed by atoms with Gasteiger partial charge in [-0.3, -0.25) is 9.97 Å². The molecule has 3 aromatic rings. The summed E-state index contributed by atoms with van der Waals surface area (Å²) < 4.78 is 0. The Balaban J connectivity index is 2.11. The molecule has 53 heavy (non-hydrogen) atoms. The van der Waals surface area contributed by atoms with Crippen molar-refractivity contribution in [3.63, 3.8) is 0 Å². The molecule has 4 heteroatoms. The number of hydrogen-bond donors (Lipinski definition) is 2. The summed E-state index contributed by atoms with van der Waals surface area (Å²) in [7, 11) is 0. The van der Waals surface area contributed by atoms with E-state index in [9.17, 15) is 0 Å². The molecule has 3 aromatic heterocycles. The molecule has 266 valence electrons. The quantitative estimate of drug-likeness (QED) is 0.175. The molecular formula is C49H50N4. The topological polar surface area (TPSA) is 57.4 Å². The van der Waals surface area contributed by atoms with Crippen LogP contribution in [0, 0.1) is 0 Å². The molecule has 0 aliphatic carbocycles. The summed E-state index contributed by atoms with van der Waals surface area (Å²) in [5.74, 6) is 0. The van der Waals surface area contributed by atoms with Gasteiger partial charge in [0.15, 0.2) is 0 Å². The second-order valence-corrected chi connectivity index (χ2v) is 12.6. The molecule has 0 fully saturated rings. The van der Waals surface area contributed by atoms with Crippen LogP contribution in [-0.2, 0) is 25.7 Å². The van der Waals surface area contributed by atoms with Crippen LogP contribution >= 0.6 is 0 Å². The Morgan fingerprint density at radius 3 is 1.00 bits per heavy atom. The smallest absolute Gasteiger partial charge is 0.0510 e. The monoisotopic (exact) mass is 694 g/mol. The van der Waals surface area contributed by atoms with Gasteiger partial charge < -0.3 is 9.97 Å². The van der Waals surface area contributed by atoms with E-state index in [0.29, 0.717) is 0 Å². The molecule has 2 aliphatic heterocycles. The van der Waals surface area contributed by atoms with Crippen molar-refractivity contribution in [1.29, 1.82) is 0 Å². The zero-order valence-electron chi connectivity index (χ0n) is 31.4. The standard InChI is InChI=1S/C49H50N4/c1-9-17-22-34(14-6)46-38-26-28-40(50-38)47(35(15-7)23-18-10-2)42-30-32-44(52-42)49(37(21-13-5)25-20-12-4)45-33-31-43(53-45)48(36(16-8)24-19-11-3)41-29-27-39(46)51-41/h9-26,28,31,33,50,53H,1-5,27,29-30,32H2,6-8H3/b22-17-,23-18-,24-19-,25-20-,34-14+,35-15+,36-16+,37-21+,46-38?,46-39?,47-40?,47-42?,48-41?,48-43?,49-44?,49-45?. The minimum Gasteiger partial charge on any atom is -0.354 e. The number of aromatic nitrogens is 4. The summed E-state index contributed by atoms with van der Waals surface area (Å²) in [5, 5.41) is 0. The lowest BCUT2D eigenvalue weighted by Crippen LogP contribution is -1.93. The number of rotatable bonds is 13. The van der Waals surface area contributed by atoms with Gasteiger partial charge in [-0.15, -0.1) is 0 Å². The van der Waals surface area contributed by atoms with Crippen molar-refractivity contribution < 1.29 is 0 Å². The summed E-state index contributed by atoms with van der Waals surface area (Å²) >= 11 is 0. The molecule has 0 saturated carbocycles. The maximum Gasteiger partial charge on any atom is 0.0510 e. The second-order valence-electron chi connectivity index (χ2n) is 12.6. The first kappa shape index (κ1) is 38.0. The number of aromatic amines is 2. The van der Waals surface area contributed by atoms with E-state index < -0.39 is 0 Å². The molecule has 0 radical (unpaired) electrons. The molecule has 0 atom stereocenters. The van der Waals surface area contributed by atoms with Crippen molar-refractivity contribution in [3.8, 4) is 0 Å². The first-order valence-corrected chi connectivity index (χ1v) is 18.2. The third-order valence-electron chi connectivity index (χ3n) is 9.37. The van der Waals surface area contributed by atoms with Crippen molar-refractivity contribution in [3.05, 3.63) is 205 Å². The minimum atomic E-state index is 0.768. The number of allylic oxidation sites excluding steroid dienone is 21. The van der Waals surface area contributed by atoms with Gasteiger partial charge in [-0.05, 0) is 93.0 Å². The van der Waals surface area contributed by atoms with Gasteiger partial charge in [0, 0.05) is 44.3 Å². The number of nitrogens with zero attached hydrogens (tertiary/aromatic N) is 2. The molecule has 0 amide bonds. The Hall–Kier alpha value is -6.26. The molecular weight excluding hydrogens is 645 g/mol. The fourth-order valence-electron chi connectivity index (χ4n) is 7.04. The normalized spacial score (nSPS) is 14.5. The fourth-order valence-corrected chi connectivity index (χ4v) is 7.04. The van der Waals surface area contributed by atoms with Crippen molar-refractivity contribution >= 4 is 44.4 Å². The predicted molar refractivity (Wildman–Crippen MR) is 232 cm³/mol. The molecule has 8 bridgehead atoms. The van der Waals surface area contributed by atoms with Gasteiger partial charge >= 0.3 is 0 Å². The zero-order valence-corrected chi connectivity index (χ0v) is 31.4. The maximum absolute atomic E-state index is 5.47. The lowest BCUT2D eigenvalue weighted by atomic mass is 9.99. The van der Waals surface area contributed by atoms with Gasteiger partial charge in [0.2, 0.25) is 0 Å². The Labute approximate surface area is 315 Å². The molecule has 5 heterocycles. The van der Waals surface area contributed by atoms with E-state index in [4.69, 9.17) is 9.97 Å². The number of hydrogen-bond acceptors (Lipinski definition) is 2. The predicted octanol–water partition coefficient (Wildman–Crippen LogP) is 12.6. The van der Waals surface area contributed by atoms with E-state index in [0.717, 1.165) is 115 Å². The van der Waals surface area contributed by atoms with Crippen LogP contribution in [0.3, 0.4) is 0 Å². The summed E-state index contributed by atoms with van der Waals surface area (Å²) in [4.78, 5) is 18.6. The van der Waals surface area contributed by atoms with Gasteiger partial charge in [-0.2, -0.15) is 0 Å². The van der Waals surface area contributed by atoms with Crippen molar-refractivity contribution in [1.82, 2.24) is 19.9 Å². The van der Waals surface area contributed by atoms with Crippen LogP contribution in [0.4, 0.5) is 0 Å². The van der Waals surface area contributed by atoms with Crippen molar-refractivity contribution in [2.24, 2.45) is 0 Å². The highest BCUT2D eigenvalue weighted by Crippen LogP contribution is 2.35. The van der Waals surface area contributed by atoms with E-state index >= 15 is 0 Å². The Morgan fingerprint density at radius 1 is 0.453 bits per heavy atom. The van der Waals surface area contributed by atoms with Crippen LogP contribution < -0.4 is 0 Å². The zero-order chi connectivity index (χ0) is 37.7. The molecule has 0 unspecified atom stereocenters. The van der Waals surface area contributed by atoms with Crippen LogP contribution in [0.2, 0.25) is 0 Å². The van der Waals surface area contributed by atoms with Crippen LogP contribution in [0.15, 0.2) is 160 Å². The lowest BCUT2D eigenvalue weighted by Gasteiger charge is -2.08. The van der Waals surface area contributed by atoms with Gasteiger partial charge in [0.1, 0.15) is 0 Å². The summed E-state index contributed by atoms with van der Waals surface area (Å²) in [6.45, 7) is 26.0. The van der Waals surface area contributed by atoms with Gasteiger partial charge in [-0.1, -0.05) is 136 Å². The summed E-state index contributed by atoms with van der Waals surface area (Å²) in [6.07, 6.45) is 36.9. The van der Waals surface area contributed by atoms with Crippen LogP contribution in [-0.4, -0.2) is 19.9 Å². The van der Waals surface area contributed by atoms with Crippen LogP contribution in [0.5, 0.6) is 0 Å². The second kappa shape index (κ2) is 18.3. The molecule has 0 saturated heterocycles. The van der Waals surface area contributed by atoms with E-state index in [-0.39, 0.29) is 0 Å². The maximum atomic E-state index is 5.47. The van der Waals surface area contributed by atoms with Crippen LogP contribution in [0.1, 0.15) is 65.8 Å². The summed E-state index contributed by atoms with van der Waals surface area (Å²) in [5.41, 5.74) is 16.4. The fraction of sp³-hybridized carbons (Fsp3) is 0.143. The SMILES string of the molecule is C=C/C=C\C(=C/C)c1c2nc(c(C(/C=C\C=C)=C/C)c3ccc([nH]3)c(C(/C=C\C=C)=C/C=C)c3nc(c(C(/C=C\C=C)=C/C)c4ccc1[nH]4)CC3)CC2. The number of aryl methyl sites for hydroxylation is 4. The largest absolute Gasteiger partial charge is 0.354 e.